The number of carbonyl (C=O) groups is 2. The van der Waals surface area contributed by atoms with Gasteiger partial charge in [0.1, 0.15) is 20.4 Å². The van der Waals surface area contributed by atoms with Crippen LogP contribution in [0.25, 0.3) is 11.1 Å². The van der Waals surface area contributed by atoms with Crippen LogP contribution in [0.1, 0.15) is 12.0 Å². The van der Waals surface area contributed by atoms with E-state index < -0.39 is 25.0 Å². The van der Waals surface area contributed by atoms with Crippen molar-refractivity contribution in [3.8, 4) is 11.1 Å². The van der Waals surface area contributed by atoms with Crippen LogP contribution in [0.4, 0.5) is 0 Å². The molecule has 0 radical (unpaired) electrons. The number of fused-ring (bicyclic) bond motifs is 3. The summed E-state index contributed by atoms with van der Waals surface area (Å²) in [7, 11) is -3.08. The van der Waals surface area contributed by atoms with Gasteiger partial charge in [0, 0.05) is 17.6 Å². The molecule has 2 aromatic rings. The summed E-state index contributed by atoms with van der Waals surface area (Å²) in [6.45, 7) is -1.05. The van der Waals surface area contributed by atoms with E-state index in [0.29, 0.717) is 5.30 Å². The zero-order valence-corrected chi connectivity index (χ0v) is 17.4. The molecular formula is C22H25O7P. The number of aliphatic hydroxyl groups excluding tert-OH is 2. The zero-order valence-electron chi connectivity index (χ0n) is 16.5. The third-order valence-electron chi connectivity index (χ3n) is 5.03. The Labute approximate surface area is 175 Å². The smallest absolute Gasteiger partial charge is 0.310 e. The van der Waals surface area contributed by atoms with Crippen molar-refractivity contribution in [2.75, 3.05) is 32.6 Å². The number of benzene rings is 2. The van der Waals surface area contributed by atoms with Crippen molar-refractivity contribution in [3.05, 3.63) is 54.1 Å². The van der Waals surface area contributed by atoms with E-state index in [1.54, 1.807) is 0 Å². The van der Waals surface area contributed by atoms with Gasteiger partial charge in [0.05, 0.1) is 25.6 Å². The van der Waals surface area contributed by atoms with Crippen LogP contribution >= 0.6 is 7.14 Å². The normalized spacial score (nSPS) is 18.1. The third kappa shape index (κ3) is 4.98. The standard InChI is InChI=1S/C22H25O7P/c23-9-11-28-21(25)13-17(22(26)29-12-10-24)15-30(27)14-16-5-1-2-6-18(16)19-7-3-4-8-20(19)30/h1-8,17,23-24H,9-15H2. The van der Waals surface area contributed by atoms with Gasteiger partial charge in [-0.25, -0.2) is 0 Å². The molecule has 2 atom stereocenters. The molecule has 30 heavy (non-hydrogen) atoms. The van der Waals surface area contributed by atoms with E-state index in [1.165, 1.54) is 0 Å². The highest BCUT2D eigenvalue weighted by Crippen LogP contribution is 2.56. The van der Waals surface area contributed by atoms with Crippen LogP contribution in [-0.2, 0) is 29.8 Å². The first-order valence-electron chi connectivity index (χ1n) is 9.78. The van der Waals surface area contributed by atoms with Gasteiger partial charge in [-0.3, -0.25) is 9.59 Å². The van der Waals surface area contributed by atoms with Crippen molar-refractivity contribution in [2.24, 2.45) is 5.92 Å². The molecule has 2 unspecified atom stereocenters. The Morgan fingerprint density at radius 1 is 0.933 bits per heavy atom. The van der Waals surface area contributed by atoms with E-state index in [-0.39, 0.29) is 45.2 Å². The fraction of sp³-hybridized carbons (Fsp3) is 0.364. The van der Waals surface area contributed by atoms with E-state index >= 15 is 0 Å². The van der Waals surface area contributed by atoms with Gasteiger partial charge < -0.3 is 24.3 Å². The van der Waals surface area contributed by atoms with Gasteiger partial charge in [0.2, 0.25) is 0 Å². The molecule has 160 valence electrons. The molecule has 2 N–H and O–H groups in total. The van der Waals surface area contributed by atoms with Crippen LogP contribution in [0.5, 0.6) is 0 Å². The highest BCUT2D eigenvalue weighted by atomic mass is 31.2. The molecule has 0 saturated heterocycles. The average molecular weight is 432 g/mol. The molecule has 0 amide bonds. The maximum absolute atomic E-state index is 14.2. The number of hydrogen-bond donors (Lipinski definition) is 2. The van der Waals surface area contributed by atoms with E-state index in [1.807, 2.05) is 48.5 Å². The predicted octanol–water partition coefficient (Wildman–Crippen LogP) is 1.93. The minimum atomic E-state index is -3.08. The Kier molecular flexibility index (Phi) is 7.43. The van der Waals surface area contributed by atoms with Gasteiger partial charge in [-0.2, -0.15) is 0 Å². The first kappa shape index (κ1) is 22.2. The maximum atomic E-state index is 14.2. The molecule has 0 fully saturated rings. The third-order valence-corrected chi connectivity index (χ3v) is 8.18. The van der Waals surface area contributed by atoms with Crippen LogP contribution in [0.3, 0.4) is 0 Å². The van der Waals surface area contributed by atoms with Crippen molar-refractivity contribution in [2.45, 2.75) is 12.6 Å². The summed E-state index contributed by atoms with van der Waals surface area (Å²) in [6.07, 6.45) is -0.0649. The number of hydrogen-bond acceptors (Lipinski definition) is 7. The molecule has 0 aromatic heterocycles. The lowest BCUT2D eigenvalue weighted by atomic mass is 10.0. The fourth-order valence-corrected chi connectivity index (χ4v) is 7.07. The van der Waals surface area contributed by atoms with Crippen LogP contribution in [0.15, 0.2) is 48.5 Å². The molecule has 2 aromatic carbocycles. The first-order chi connectivity index (χ1) is 14.5. The van der Waals surface area contributed by atoms with Crippen LogP contribution < -0.4 is 5.30 Å². The summed E-state index contributed by atoms with van der Waals surface area (Å²) in [4.78, 5) is 24.7. The molecule has 0 aliphatic carbocycles. The van der Waals surface area contributed by atoms with E-state index in [2.05, 4.69) is 0 Å². The molecule has 0 saturated carbocycles. The lowest BCUT2D eigenvalue weighted by molar-refractivity contribution is -0.155. The van der Waals surface area contributed by atoms with Gasteiger partial charge in [0.25, 0.3) is 0 Å². The van der Waals surface area contributed by atoms with Gasteiger partial charge in [-0.05, 0) is 16.7 Å². The second kappa shape index (κ2) is 10.0. The molecule has 3 rings (SSSR count). The summed E-state index contributed by atoms with van der Waals surface area (Å²) in [5.74, 6) is -2.35. The van der Waals surface area contributed by atoms with Crippen LogP contribution in [0, 0.1) is 5.92 Å². The number of carbonyl (C=O) groups excluding carboxylic acids is 2. The van der Waals surface area contributed by atoms with Crippen molar-refractivity contribution < 1.29 is 33.8 Å². The molecule has 1 aliphatic rings. The van der Waals surface area contributed by atoms with Gasteiger partial charge in [-0.1, -0.05) is 48.5 Å². The lowest BCUT2D eigenvalue weighted by Crippen LogP contribution is -2.29. The van der Waals surface area contributed by atoms with Crippen molar-refractivity contribution in [1.29, 1.82) is 0 Å². The largest absolute Gasteiger partial charge is 0.463 e. The van der Waals surface area contributed by atoms with Crippen LogP contribution in [0.2, 0.25) is 0 Å². The van der Waals surface area contributed by atoms with E-state index in [0.717, 1.165) is 16.7 Å². The average Bonchev–Trinajstić information content (AvgIpc) is 2.75. The van der Waals surface area contributed by atoms with Gasteiger partial charge in [-0.15, -0.1) is 0 Å². The first-order valence-corrected chi connectivity index (χ1v) is 11.9. The Balaban J connectivity index is 1.91. The fourth-order valence-electron chi connectivity index (χ4n) is 3.76. The Morgan fingerprint density at radius 2 is 1.57 bits per heavy atom. The summed E-state index contributed by atoms with van der Waals surface area (Å²) in [5.41, 5.74) is 2.82. The van der Waals surface area contributed by atoms with Crippen LogP contribution in [-0.4, -0.2) is 54.7 Å². The number of esters is 2. The number of ether oxygens (including phenoxy) is 2. The Morgan fingerprint density at radius 3 is 2.30 bits per heavy atom. The number of aliphatic hydroxyl groups is 2. The van der Waals surface area contributed by atoms with E-state index in [9.17, 15) is 14.2 Å². The summed E-state index contributed by atoms with van der Waals surface area (Å²) < 4.78 is 24.1. The Hall–Kier alpha value is -2.47. The van der Waals surface area contributed by atoms with Gasteiger partial charge >= 0.3 is 11.9 Å². The Bertz CT molecular complexity index is 956. The highest BCUT2D eigenvalue weighted by Gasteiger charge is 2.39. The molecule has 0 spiro atoms. The SMILES string of the molecule is O=C(CC(CP1(=O)Cc2ccccc2-c2ccccc21)C(=O)OCCO)OCCO. The quantitative estimate of drug-likeness (QED) is 0.460. The van der Waals surface area contributed by atoms with Crippen molar-refractivity contribution in [3.63, 3.8) is 0 Å². The maximum Gasteiger partial charge on any atom is 0.310 e. The topological polar surface area (TPSA) is 110 Å². The molecular weight excluding hydrogens is 407 g/mol. The lowest BCUT2D eigenvalue weighted by Gasteiger charge is -2.30. The highest BCUT2D eigenvalue weighted by molar-refractivity contribution is 7.71. The molecule has 7 nitrogen and oxygen atoms in total. The summed E-state index contributed by atoms with van der Waals surface area (Å²) >= 11 is 0. The summed E-state index contributed by atoms with van der Waals surface area (Å²) in [5, 5.41) is 18.5. The van der Waals surface area contributed by atoms with Gasteiger partial charge in [0.15, 0.2) is 0 Å². The number of rotatable bonds is 9. The minimum absolute atomic E-state index is 0.0448. The second-order valence-electron chi connectivity index (χ2n) is 7.14. The summed E-state index contributed by atoms with van der Waals surface area (Å²) in [6, 6.07) is 15.1. The second-order valence-corrected chi connectivity index (χ2v) is 10.1. The zero-order chi connectivity index (χ0) is 21.6. The van der Waals surface area contributed by atoms with E-state index in [4.69, 9.17) is 19.7 Å². The minimum Gasteiger partial charge on any atom is -0.463 e. The predicted molar refractivity (Wildman–Crippen MR) is 112 cm³/mol. The molecule has 1 heterocycles. The van der Waals surface area contributed by atoms with Crippen molar-refractivity contribution in [1.82, 2.24) is 0 Å². The monoisotopic (exact) mass is 432 g/mol. The molecule has 8 heteroatoms. The molecule has 0 bridgehead atoms. The van der Waals surface area contributed by atoms with Crippen molar-refractivity contribution >= 4 is 24.4 Å². The molecule has 1 aliphatic heterocycles.